The zero-order valence-electron chi connectivity index (χ0n) is 72.8. The van der Waals surface area contributed by atoms with Gasteiger partial charge in [-0.2, -0.15) is 0 Å². The van der Waals surface area contributed by atoms with Gasteiger partial charge in [0.15, 0.2) is 0 Å². The highest BCUT2D eigenvalue weighted by atomic mass is 16.7. The van der Waals surface area contributed by atoms with Gasteiger partial charge in [-0.25, -0.2) is 14.4 Å². The number of amides is 7. The van der Waals surface area contributed by atoms with Crippen molar-refractivity contribution in [1.82, 2.24) is 40.5 Å². The Morgan fingerprint density at radius 2 is 0.754 bits per heavy atom. The number of imide groups is 2. The number of nitrogens with zero attached hydrogens (tertiary/aromatic N) is 7. The van der Waals surface area contributed by atoms with E-state index in [4.69, 9.17) is 24.0 Å². The van der Waals surface area contributed by atoms with E-state index in [1.54, 1.807) is 60.7 Å². The van der Waals surface area contributed by atoms with Gasteiger partial charge in [0.1, 0.15) is 18.1 Å². The Balaban J connectivity index is 0.000000162. The molecule has 4 aliphatic heterocycles. The summed E-state index contributed by atoms with van der Waals surface area (Å²) in [5.74, 6) is -2.15. The summed E-state index contributed by atoms with van der Waals surface area (Å²) in [6, 6.07) is 68.0. The summed E-state index contributed by atoms with van der Waals surface area (Å²) in [4.78, 5) is 145. The van der Waals surface area contributed by atoms with Crippen molar-refractivity contribution in [3.63, 3.8) is 0 Å². The van der Waals surface area contributed by atoms with E-state index in [0.29, 0.717) is 98.2 Å². The average Bonchev–Trinajstić information content (AvgIpc) is 1.63. The molecule has 2 aliphatic carbocycles. The lowest BCUT2D eigenvalue weighted by Gasteiger charge is -2.28. The van der Waals surface area contributed by atoms with Gasteiger partial charge in [-0.15, -0.1) is 15.2 Å². The Morgan fingerprint density at radius 3 is 1.21 bits per heavy atom. The second-order valence-corrected chi connectivity index (χ2v) is 33.4. The van der Waals surface area contributed by atoms with Crippen LogP contribution in [0, 0.1) is 0 Å². The summed E-state index contributed by atoms with van der Waals surface area (Å²) in [7, 11) is 10.5. The number of anilines is 2. The minimum Gasteiger partial charge on any atom is -0.494 e. The predicted octanol–water partition coefficient (Wildman–Crippen LogP) is 15.2. The maximum atomic E-state index is 12.5. The smallest absolute Gasteiger partial charge is 0.363 e. The van der Waals surface area contributed by atoms with Crippen LogP contribution in [0.1, 0.15) is 205 Å². The summed E-state index contributed by atoms with van der Waals surface area (Å²) in [5, 5.41) is 7.90. The molecule has 15 rings (SSSR count). The van der Waals surface area contributed by atoms with Crippen molar-refractivity contribution in [2.75, 3.05) is 79.5 Å². The summed E-state index contributed by atoms with van der Waals surface area (Å²) in [6.45, 7) is 9.83. The third kappa shape index (κ3) is 24.6. The van der Waals surface area contributed by atoms with E-state index < -0.39 is 41.5 Å². The number of hydrogen-bond acceptors (Lipinski definition) is 19. The second kappa shape index (κ2) is 44.1. The van der Waals surface area contributed by atoms with E-state index in [2.05, 4.69) is 206 Å². The molecule has 2 unspecified atom stereocenters. The number of aryl methyl sites for hydroxylation is 6. The van der Waals surface area contributed by atoms with E-state index in [1.165, 1.54) is 79.1 Å². The zero-order valence-corrected chi connectivity index (χ0v) is 72.8. The molecule has 24 nitrogen and oxygen atoms in total. The van der Waals surface area contributed by atoms with Gasteiger partial charge in [-0.1, -0.05) is 140 Å². The average molecular weight is 1710 g/mol. The van der Waals surface area contributed by atoms with Gasteiger partial charge in [0, 0.05) is 94.3 Å². The minimum absolute atomic E-state index is 0.0215. The van der Waals surface area contributed by atoms with Gasteiger partial charge < -0.3 is 54.2 Å². The molecule has 24 heteroatoms. The number of hydroxylamine groups is 6. The number of ether oxygens (including phenoxy) is 2. The van der Waals surface area contributed by atoms with Crippen LogP contribution < -0.4 is 25.0 Å². The lowest BCUT2D eigenvalue weighted by atomic mass is 9.84. The molecule has 0 saturated carbocycles. The van der Waals surface area contributed by atoms with Crippen LogP contribution in [0.25, 0.3) is 0 Å². The summed E-state index contributed by atoms with van der Waals surface area (Å²) in [6.07, 6.45) is 13.9. The minimum atomic E-state index is -0.784. The van der Waals surface area contributed by atoms with Crippen molar-refractivity contribution >= 4 is 70.6 Å². The molecule has 3 saturated heterocycles. The first kappa shape index (κ1) is 90.8. The monoisotopic (exact) mass is 1700 g/mol. The number of allylic oxidation sites excluding steroid dienone is 1. The van der Waals surface area contributed by atoms with Crippen LogP contribution in [0.4, 0.5) is 11.4 Å². The molecule has 4 heterocycles. The highest BCUT2D eigenvalue weighted by Crippen LogP contribution is 2.42. The van der Waals surface area contributed by atoms with Crippen LogP contribution in [-0.2, 0) is 106 Å². The van der Waals surface area contributed by atoms with Gasteiger partial charge >= 0.3 is 17.9 Å². The maximum Gasteiger partial charge on any atom is 0.363 e. The van der Waals surface area contributed by atoms with Crippen LogP contribution in [0.5, 0.6) is 11.5 Å². The number of rotatable bonds is 33. The number of para-hydroxylation sites is 2. The van der Waals surface area contributed by atoms with Crippen molar-refractivity contribution in [3.05, 3.63) is 308 Å². The fraction of sp³-hybridized carbons (Fsp3) is 0.353. The number of fused-ring (bicyclic) bond motifs is 6. The van der Waals surface area contributed by atoms with E-state index in [-0.39, 0.29) is 54.5 Å². The van der Waals surface area contributed by atoms with Crippen molar-refractivity contribution in [2.24, 2.45) is 0 Å². The van der Waals surface area contributed by atoms with Crippen LogP contribution in [0.15, 0.2) is 219 Å². The van der Waals surface area contributed by atoms with Gasteiger partial charge in [-0.05, 0) is 283 Å². The van der Waals surface area contributed by atoms with Crippen molar-refractivity contribution < 1.29 is 71.9 Å². The van der Waals surface area contributed by atoms with Crippen molar-refractivity contribution in [2.45, 2.75) is 160 Å². The van der Waals surface area contributed by atoms with E-state index in [9.17, 15) is 47.9 Å². The van der Waals surface area contributed by atoms with Crippen LogP contribution in [-0.4, -0.2) is 164 Å². The van der Waals surface area contributed by atoms with Crippen molar-refractivity contribution in [1.29, 1.82) is 0 Å². The van der Waals surface area contributed by atoms with Crippen LogP contribution >= 0.6 is 0 Å². The summed E-state index contributed by atoms with van der Waals surface area (Å²) < 4.78 is 12.2. The Kier molecular flexibility index (Phi) is 31.8. The summed E-state index contributed by atoms with van der Waals surface area (Å²) >= 11 is 0. The van der Waals surface area contributed by atoms with Gasteiger partial charge in [-0.3, -0.25) is 33.6 Å². The second-order valence-electron chi connectivity index (χ2n) is 33.4. The predicted molar refractivity (Wildman–Crippen MR) is 480 cm³/mol. The first-order chi connectivity index (χ1) is 61.0. The number of benzene rings is 9. The normalized spacial score (nSPS) is 15.6. The highest BCUT2D eigenvalue weighted by molar-refractivity contribution is 6.04. The molecule has 3 fully saturated rings. The lowest BCUT2D eigenvalue weighted by molar-refractivity contribution is -0.173. The van der Waals surface area contributed by atoms with Gasteiger partial charge in [0.05, 0.1) is 29.0 Å². The molecule has 0 bridgehead atoms. The Hall–Kier alpha value is -12.9. The standard InChI is InChI=1S/C36H41N3O6.C34H38N4O4.C32H34N2O5/c1-38(2)21-5-9-32-30-8-4-3-7-26(30)15-16-28-23-29(17-18-31(28)32)44-22-6-10-33(40)37-24-25-11-13-27(14-12-25)36(43)45-39-34(41)19-20-35(39)42;1-25-12-19-33(40)38(25)42-34(41)29-15-13-26(14-16-29)24-35-32(39)20-23-36(2)21-7-22-37-30-10-5-3-8-27(30)17-18-28-9-4-6-11-31(28)37;1-33(2)19-5-8-29-27-7-4-3-6-23(27)13-14-25-20-26(15-16-28(25)29)38-21-22-9-11-24(12-10-22)32(37)39-34-30(35)17-18-31(34)36/h3-4,7-8,11-14,17-18,23,32H,5-6,9-10,15-16,19-22,24H2,1-2H3,(H,37,40);3-6,8-11,13-16H,1,7,12,17-24H2,2H3,(H,35,39);3-4,6-7,9-12,15-16,20,29H,5,8,13-14,17-19,21H2,1-2H3. The van der Waals surface area contributed by atoms with E-state index in [1.807, 2.05) is 0 Å². The fourth-order valence-corrected chi connectivity index (χ4v) is 16.8. The Morgan fingerprint density at radius 1 is 0.373 bits per heavy atom. The highest BCUT2D eigenvalue weighted by Gasteiger charge is 2.36. The number of hydrogen-bond donors (Lipinski definition) is 2. The lowest BCUT2D eigenvalue weighted by Crippen LogP contribution is -2.32. The molecule has 0 aromatic heterocycles. The molecule has 0 spiro atoms. The molecular formula is C102H113N9O15. The SMILES string of the molecule is C=C1CCC(=O)N1OC(=O)c1ccc(CNC(=O)CCN(C)CCCN2c3ccccc3CCc3ccccc32)cc1.CN(C)CCCC1c2ccccc2CCc2cc(OCCCC(=O)NCc3ccc(C(=O)ON4C(=O)CCC4=O)cc3)ccc21.CN(C)CCCC1c2ccccc2CCc2cc(OCc3ccc(C(=O)ON4C(=O)CCC4=O)cc3)ccc21. The molecule has 9 aromatic carbocycles. The van der Waals surface area contributed by atoms with Gasteiger partial charge in [0.2, 0.25) is 11.8 Å². The number of carbonyl (C=O) groups excluding carboxylic acids is 10. The first-order valence-corrected chi connectivity index (χ1v) is 43.8. The largest absolute Gasteiger partial charge is 0.494 e. The fourth-order valence-electron chi connectivity index (χ4n) is 16.8. The molecule has 2 atom stereocenters. The zero-order chi connectivity index (χ0) is 88.6. The molecular weight excluding hydrogens is 1590 g/mol. The maximum absolute atomic E-state index is 12.5. The molecule has 9 aromatic rings. The van der Waals surface area contributed by atoms with Crippen molar-refractivity contribution in [3.8, 4) is 11.5 Å². The molecule has 126 heavy (non-hydrogen) atoms. The van der Waals surface area contributed by atoms with Crippen LogP contribution in [0.2, 0.25) is 0 Å². The molecule has 0 radical (unpaired) electrons. The van der Waals surface area contributed by atoms with Crippen LogP contribution in [0.3, 0.4) is 0 Å². The number of nitrogens with one attached hydrogen (secondary N) is 2. The topological polar surface area (TPSA) is 264 Å². The third-order valence-corrected chi connectivity index (χ3v) is 23.7. The Bertz CT molecular complexity index is 5300. The van der Waals surface area contributed by atoms with E-state index >= 15 is 0 Å². The third-order valence-electron chi connectivity index (χ3n) is 23.7. The summed E-state index contributed by atoms with van der Waals surface area (Å²) in [5.41, 5.74) is 20.4. The molecule has 7 amide bonds. The Labute approximate surface area is 737 Å². The van der Waals surface area contributed by atoms with Gasteiger partial charge in [0.25, 0.3) is 29.5 Å². The first-order valence-electron chi connectivity index (χ1n) is 43.8. The quantitative estimate of drug-likeness (QED) is 0.0286. The number of carbonyl (C=O) groups is 10. The molecule has 6 aliphatic rings. The van der Waals surface area contributed by atoms with E-state index in [0.717, 1.165) is 130 Å². The molecule has 2 N–H and O–H groups in total. The molecule has 656 valence electrons.